The fourth-order valence-electron chi connectivity index (χ4n) is 5.79. The van der Waals surface area contributed by atoms with E-state index in [0.717, 1.165) is 53.0 Å². The van der Waals surface area contributed by atoms with Gasteiger partial charge in [-0.15, -0.1) is 12.3 Å². The van der Waals surface area contributed by atoms with Gasteiger partial charge in [0.2, 0.25) is 0 Å². The lowest BCUT2D eigenvalue weighted by Crippen LogP contribution is -2.31. The maximum atomic E-state index is 10.3. The number of aliphatic hydroxyl groups is 2. The molecule has 0 spiro atoms. The fraction of sp³-hybridized carbons (Fsp3) is 0.576. The number of hydrogen-bond donors (Lipinski definition) is 2. The van der Waals surface area contributed by atoms with Crippen molar-refractivity contribution in [2.24, 2.45) is 5.92 Å². The van der Waals surface area contributed by atoms with Gasteiger partial charge in [0.05, 0.1) is 12.7 Å². The van der Waals surface area contributed by atoms with Crippen molar-refractivity contribution in [3.8, 4) is 23.8 Å². The number of hydrogen-bond acceptors (Lipinski definition) is 4. The Bertz CT molecular complexity index is 1030. The highest BCUT2D eigenvalue weighted by Crippen LogP contribution is 2.47. The van der Waals surface area contributed by atoms with Crippen LogP contribution in [-0.2, 0) is 5.41 Å². The van der Waals surface area contributed by atoms with Crippen molar-refractivity contribution in [1.82, 2.24) is 0 Å². The van der Waals surface area contributed by atoms with Gasteiger partial charge in [-0.3, -0.25) is 0 Å². The van der Waals surface area contributed by atoms with Crippen LogP contribution >= 0.6 is 0 Å². The molecule has 2 aromatic carbocycles. The molecule has 0 amide bonds. The van der Waals surface area contributed by atoms with Crippen LogP contribution in [0.3, 0.4) is 0 Å². The molecule has 202 valence electrons. The third-order valence-electron chi connectivity index (χ3n) is 7.84. The van der Waals surface area contributed by atoms with Gasteiger partial charge in [0.25, 0.3) is 0 Å². The molecule has 4 nitrogen and oxygen atoms in total. The number of terminal acetylenes is 1. The Hall–Kier alpha value is -2.48. The van der Waals surface area contributed by atoms with Gasteiger partial charge in [0, 0.05) is 24.4 Å². The van der Waals surface area contributed by atoms with Crippen LogP contribution in [0.25, 0.3) is 0 Å². The summed E-state index contributed by atoms with van der Waals surface area (Å²) in [6, 6.07) is 9.24. The van der Waals surface area contributed by atoms with E-state index in [9.17, 15) is 10.2 Å². The fourth-order valence-corrected chi connectivity index (χ4v) is 5.79. The second kappa shape index (κ2) is 13.4. The molecule has 4 heteroatoms. The summed E-state index contributed by atoms with van der Waals surface area (Å²) in [5, 5.41) is 19.7. The van der Waals surface area contributed by atoms with Gasteiger partial charge in [0.15, 0.2) is 0 Å². The lowest BCUT2D eigenvalue weighted by Gasteiger charge is -2.40. The molecule has 1 fully saturated rings. The minimum absolute atomic E-state index is 0.0342. The maximum absolute atomic E-state index is 10.3. The summed E-state index contributed by atoms with van der Waals surface area (Å²) in [6.45, 7) is 11.4. The third kappa shape index (κ3) is 7.09. The third-order valence-corrected chi connectivity index (χ3v) is 7.84. The van der Waals surface area contributed by atoms with Gasteiger partial charge in [0.1, 0.15) is 18.1 Å². The molecule has 2 unspecified atom stereocenters. The Morgan fingerprint density at radius 1 is 0.865 bits per heavy atom. The van der Waals surface area contributed by atoms with Crippen molar-refractivity contribution in [2.45, 2.75) is 97.5 Å². The molecule has 0 radical (unpaired) electrons. The lowest BCUT2D eigenvalue weighted by atomic mass is 9.64. The maximum Gasteiger partial charge on any atom is 0.125 e. The largest absolute Gasteiger partial charge is 0.493 e. The standard InChI is InChI=1S/C33H46O4/c1-7-8-10-13-30(35)22-37-32-26(5)18-29(19-27(32)6)33(14-11-9-12-15-33)28-16-24(3)31(25(4)17-28)36-21-23(2)20-34/h1,16-19,23,30,34-35H,8-15,20-22H2,2-6H3. The number of rotatable bonds is 12. The predicted octanol–water partition coefficient (Wildman–Crippen LogP) is 6.72. The van der Waals surface area contributed by atoms with Crippen molar-refractivity contribution in [1.29, 1.82) is 0 Å². The topological polar surface area (TPSA) is 58.9 Å². The monoisotopic (exact) mass is 506 g/mol. The second-order valence-corrected chi connectivity index (χ2v) is 11.2. The zero-order chi connectivity index (χ0) is 27.0. The summed E-state index contributed by atoms with van der Waals surface area (Å²) >= 11 is 0. The molecule has 2 N–H and O–H groups in total. The molecule has 0 aliphatic heterocycles. The summed E-state index contributed by atoms with van der Waals surface area (Å²) in [6.07, 6.45) is 12.9. The molecule has 3 rings (SSSR count). The second-order valence-electron chi connectivity index (χ2n) is 11.2. The minimum Gasteiger partial charge on any atom is -0.493 e. The molecular weight excluding hydrogens is 460 g/mol. The van der Waals surface area contributed by atoms with Crippen molar-refractivity contribution in [2.75, 3.05) is 19.8 Å². The van der Waals surface area contributed by atoms with Crippen molar-refractivity contribution < 1.29 is 19.7 Å². The first-order valence-corrected chi connectivity index (χ1v) is 13.9. The smallest absolute Gasteiger partial charge is 0.125 e. The van der Waals surface area contributed by atoms with E-state index in [4.69, 9.17) is 15.9 Å². The SMILES string of the molecule is C#CCCCC(O)COc1c(C)cc(C2(c3cc(C)c(OCC(C)CO)c(C)c3)CCCCC2)cc1C. The van der Waals surface area contributed by atoms with Crippen LogP contribution in [0.15, 0.2) is 24.3 Å². The molecule has 37 heavy (non-hydrogen) atoms. The van der Waals surface area contributed by atoms with Crippen LogP contribution in [-0.4, -0.2) is 36.1 Å². The molecule has 1 saturated carbocycles. The molecule has 0 saturated heterocycles. The van der Waals surface area contributed by atoms with E-state index >= 15 is 0 Å². The molecule has 0 aromatic heterocycles. The highest BCUT2D eigenvalue weighted by atomic mass is 16.5. The van der Waals surface area contributed by atoms with Crippen molar-refractivity contribution >= 4 is 0 Å². The Morgan fingerprint density at radius 3 is 1.81 bits per heavy atom. The van der Waals surface area contributed by atoms with Gasteiger partial charge < -0.3 is 19.7 Å². The van der Waals surface area contributed by atoms with Crippen LogP contribution in [0.2, 0.25) is 0 Å². The highest BCUT2D eigenvalue weighted by molar-refractivity contribution is 5.53. The minimum atomic E-state index is -0.511. The summed E-state index contributed by atoms with van der Waals surface area (Å²) in [4.78, 5) is 0. The number of benzene rings is 2. The first-order chi connectivity index (χ1) is 17.7. The molecular formula is C33H46O4. The summed E-state index contributed by atoms with van der Waals surface area (Å²) in [5.41, 5.74) is 7.21. The van der Waals surface area contributed by atoms with Crippen LogP contribution < -0.4 is 9.47 Å². The van der Waals surface area contributed by atoms with Gasteiger partial charge >= 0.3 is 0 Å². The predicted molar refractivity (Wildman–Crippen MR) is 152 cm³/mol. The van der Waals surface area contributed by atoms with E-state index in [-0.39, 0.29) is 24.5 Å². The number of ether oxygens (including phenoxy) is 2. The van der Waals surface area contributed by atoms with Gasteiger partial charge in [-0.25, -0.2) is 0 Å². The summed E-state index contributed by atoms with van der Waals surface area (Å²) < 4.78 is 12.2. The number of aryl methyl sites for hydroxylation is 4. The van der Waals surface area contributed by atoms with E-state index in [1.54, 1.807) is 0 Å². The Kier molecular flexibility index (Phi) is 10.5. The quantitative estimate of drug-likeness (QED) is 0.248. The zero-order valence-corrected chi connectivity index (χ0v) is 23.5. The van der Waals surface area contributed by atoms with Crippen LogP contribution in [0.4, 0.5) is 0 Å². The van der Waals surface area contributed by atoms with Gasteiger partial charge in [-0.2, -0.15) is 0 Å². The molecule has 0 heterocycles. The zero-order valence-electron chi connectivity index (χ0n) is 23.5. The lowest BCUT2D eigenvalue weighted by molar-refractivity contribution is 0.0978. The Balaban J connectivity index is 1.90. The van der Waals surface area contributed by atoms with Crippen molar-refractivity contribution in [3.05, 3.63) is 57.6 Å². The summed E-state index contributed by atoms with van der Waals surface area (Å²) in [7, 11) is 0. The van der Waals surface area contributed by atoms with E-state index in [1.165, 1.54) is 30.4 Å². The van der Waals surface area contributed by atoms with E-state index in [0.29, 0.717) is 19.4 Å². The first kappa shape index (κ1) is 29.1. The van der Waals surface area contributed by atoms with E-state index in [2.05, 4.69) is 57.9 Å². The number of aliphatic hydroxyl groups excluding tert-OH is 2. The van der Waals surface area contributed by atoms with Crippen LogP contribution in [0.1, 0.15) is 91.7 Å². The Labute approximate surface area is 224 Å². The van der Waals surface area contributed by atoms with E-state index < -0.39 is 6.10 Å². The van der Waals surface area contributed by atoms with Gasteiger partial charge in [-0.05, 0) is 86.8 Å². The molecule has 0 bridgehead atoms. The van der Waals surface area contributed by atoms with E-state index in [1.807, 2.05) is 6.92 Å². The average molecular weight is 507 g/mol. The van der Waals surface area contributed by atoms with Crippen molar-refractivity contribution in [3.63, 3.8) is 0 Å². The average Bonchev–Trinajstić information content (AvgIpc) is 2.87. The van der Waals surface area contributed by atoms with Crippen LogP contribution in [0.5, 0.6) is 11.5 Å². The normalized spacial score (nSPS) is 16.6. The molecule has 2 aromatic rings. The molecule has 1 aliphatic rings. The Morgan fingerprint density at radius 2 is 1.35 bits per heavy atom. The summed E-state index contributed by atoms with van der Waals surface area (Å²) in [5.74, 6) is 4.55. The molecule has 1 aliphatic carbocycles. The highest BCUT2D eigenvalue weighted by Gasteiger charge is 2.37. The molecule has 2 atom stereocenters. The number of unbranched alkanes of at least 4 members (excludes halogenated alkanes) is 1. The van der Waals surface area contributed by atoms with Gasteiger partial charge in [-0.1, -0.05) is 50.5 Å². The van der Waals surface area contributed by atoms with Crippen LogP contribution in [0, 0.1) is 46.0 Å². The first-order valence-electron chi connectivity index (χ1n) is 13.9.